The van der Waals surface area contributed by atoms with Crippen LogP contribution in [0.5, 0.6) is 0 Å². The van der Waals surface area contributed by atoms with Crippen molar-refractivity contribution in [2.75, 3.05) is 16.0 Å². The first-order valence-electron chi connectivity index (χ1n) is 13.3. The molecule has 0 aliphatic heterocycles. The SMILES string of the molecule is Cc1ccc(-n2c(SCC(=O)Nc3ccc(N(c4ccccc4)C(C)C)cc3)nc3ccccc3c2=O)cc1C. The van der Waals surface area contributed by atoms with Crippen LogP contribution in [0.15, 0.2) is 107 Å². The number of aryl methyl sites for hydroxylation is 2. The number of aromatic nitrogens is 2. The zero-order chi connectivity index (χ0) is 28.2. The van der Waals surface area contributed by atoms with E-state index in [4.69, 9.17) is 4.98 Å². The van der Waals surface area contributed by atoms with E-state index in [0.717, 1.165) is 28.2 Å². The second-order valence-corrected chi connectivity index (χ2v) is 10.9. The van der Waals surface area contributed by atoms with Gasteiger partial charge in [0.05, 0.1) is 22.3 Å². The molecule has 40 heavy (non-hydrogen) atoms. The maximum absolute atomic E-state index is 13.5. The lowest BCUT2D eigenvalue weighted by Crippen LogP contribution is -2.25. The van der Waals surface area contributed by atoms with Crippen molar-refractivity contribution in [3.8, 4) is 5.69 Å². The number of nitrogens with zero attached hydrogens (tertiary/aromatic N) is 3. The van der Waals surface area contributed by atoms with Gasteiger partial charge in [0.1, 0.15) is 0 Å². The van der Waals surface area contributed by atoms with Crippen molar-refractivity contribution in [1.82, 2.24) is 9.55 Å². The Balaban J connectivity index is 1.35. The first-order valence-corrected chi connectivity index (χ1v) is 14.3. The number of nitrogens with one attached hydrogen (secondary N) is 1. The number of carbonyl (C=O) groups excluding carboxylic acids is 1. The largest absolute Gasteiger partial charge is 0.339 e. The normalized spacial score (nSPS) is 11.1. The number of amides is 1. The van der Waals surface area contributed by atoms with E-state index in [1.165, 1.54) is 11.8 Å². The van der Waals surface area contributed by atoms with Crippen LogP contribution in [0.3, 0.4) is 0 Å². The number of hydrogen-bond donors (Lipinski definition) is 1. The van der Waals surface area contributed by atoms with Crippen LogP contribution in [0.2, 0.25) is 0 Å². The lowest BCUT2D eigenvalue weighted by molar-refractivity contribution is -0.113. The van der Waals surface area contributed by atoms with Crippen molar-refractivity contribution in [1.29, 1.82) is 0 Å². The first kappa shape index (κ1) is 27.2. The van der Waals surface area contributed by atoms with Crippen LogP contribution >= 0.6 is 11.8 Å². The highest BCUT2D eigenvalue weighted by Gasteiger charge is 2.16. The minimum Gasteiger partial charge on any atom is -0.339 e. The fraction of sp³-hybridized carbons (Fsp3) is 0.182. The van der Waals surface area contributed by atoms with E-state index < -0.39 is 0 Å². The summed E-state index contributed by atoms with van der Waals surface area (Å²) < 4.78 is 1.60. The average molecular weight is 549 g/mol. The van der Waals surface area contributed by atoms with Crippen LogP contribution in [0.1, 0.15) is 25.0 Å². The summed E-state index contributed by atoms with van der Waals surface area (Å²) in [6.07, 6.45) is 0. The topological polar surface area (TPSA) is 67.2 Å². The molecule has 4 aromatic carbocycles. The van der Waals surface area contributed by atoms with Crippen molar-refractivity contribution in [2.45, 2.75) is 38.9 Å². The molecular formula is C33H32N4O2S. The summed E-state index contributed by atoms with van der Waals surface area (Å²) in [6, 6.07) is 31.6. The molecule has 1 amide bonds. The van der Waals surface area contributed by atoms with Crippen molar-refractivity contribution >= 4 is 45.6 Å². The number of para-hydroxylation sites is 2. The Kier molecular flexibility index (Phi) is 8.03. The van der Waals surface area contributed by atoms with Crippen LogP contribution in [-0.2, 0) is 4.79 Å². The number of anilines is 3. The summed E-state index contributed by atoms with van der Waals surface area (Å²) in [5.74, 6) is -0.0601. The lowest BCUT2D eigenvalue weighted by atomic mass is 10.1. The fourth-order valence-electron chi connectivity index (χ4n) is 4.67. The summed E-state index contributed by atoms with van der Waals surface area (Å²) >= 11 is 1.25. The molecule has 202 valence electrons. The van der Waals surface area contributed by atoms with Gasteiger partial charge in [0.15, 0.2) is 5.16 Å². The molecule has 7 heteroatoms. The van der Waals surface area contributed by atoms with Gasteiger partial charge in [-0.2, -0.15) is 0 Å². The molecule has 0 saturated carbocycles. The number of fused-ring (bicyclic) bond motifs is 1. The van der Waals surface area contributed by atoms with Gasteiger partial charge in [0.25, 0.3) is 5.56 Å². The maximum atomic E-state index is 13.5. The molecule has 5 rings (SSSR count). The van der Waals surface area contributed by atoms with Crippen LogP contribution in [0.25, 0.3) is 16.6 Å². The fourth-order valence-corrected chi connectivity index (χ4v) is 5.48. The molecule has 0 saturated heterocycles. The highest BCUT2D eigenvalue weighted by atomic mass is 32.2. The Bertz CT molecular complexity index is 1710. The predicted molar refractivity (Wildman–Crippen MR) is 166 cm³/mol. The van der Waals surface area contributed by atoms with Crippen molar-refractivity contribution in [3.05, 3.63) is 119 Å². The standard InChI is InChI=1S/C33H32N4O2S/c1-22(2)36(26-10-6-5-7-11-26)27-18-15-25(16-19-27)34-31(38)21-40-33-35-30-13-9-8-12-29(30)32(39)37(33)28-17-14-23(3)24(4)20-28/h5-20,22H,21H2,1-4H3,(H,34,38). The Morgan fingerprint density at radius 2 is 1.55 bits per heavy atom. The van der Waals surface area contributed by atoms with Crippen LogP contribution in [0, 0.1) is 13.8 Å². The lowest BCUT2D eigenvalue weighted by Gasteiger charge is -2.29. The third-order valence-electron chi connectivity index (χ3n) is 6.81. The smallest absolute Gasteiger partial charge is 0.266 e. The average Bonchev–Trinajstić information content (AvgIpc) is 2.95. The molecule has 0 fully saturated rings. The van der Waals surface area contributed by atoms with Gasteiger partial charge >= 0.3 is 0 Å². The number of carbonyl (C=O) groups is 1. The van der Waals surface area contributed by atoms with Crippen molar-refractivity contribution < 1.29 is 4.79 Å². The van der Waals surface area contributed by atoms with Gasteiger partial charge in [-0.25, -0.2) is 4.98 Å². The maximum Gasteiger partial charge on any atom is 0.266 e. The molecule has 1 N–H and O–H groups in total. The van der Waals surface area contributed by atoms with Gasteiger partial charge < -0.3 is 10.2 Å². The molecule has 0 bridgehead atoms. The van der Waals surface area contributed by atoms with E-state index in [1.54, 1.807) is 10.6 Å². The molecule has 0 radical (unpaired) electrons. The summed E-state index contributed by atoms with van der Waals surface area (Å²) in [6.45, 7) is 8.36. The minimum absolute atomic E-state index is 0.111. The summed E-state index contributed by atoms with van der Waals surface area (Å²) in [4.78, 5) is 33.5. The Morgan fingerprint density at radius 1 is 0.875 bits per heavy atom. The molecule has 0 aliphatic rings. The molecular weight excluding hydrogens is 516 g/mol. The number of benzene rings is 4. The summed E-state index contributed by atoms with van der Waals surface area (Å²) in [7, 11) is 0. The summed E-state index contributed by atoms with van der Waals surface area (Å²) in [5.41, 5.74) is 6.29. The van der Waals surface area contributed by atoms with Gasteiger partial charge in [0.2, 0.25) is 5.91 Å². The number of rotatable bonds is 8. The van der Waals surface area contributed by atoms with E-state index in [9.17, 15) is 9.59 Å². The molecule has 0 spiro atoms. The van der Waals surface area contributed by atoms with Gasteiger partial charge in [-0.05, 0) is 99.5 Å². The first-order chi connectivity index (χ1) is 19.3. The quantitative estimate of drug-likeness (QED) is 0.163. The van der Waals surface area contributed by atoms with Crippen molar-refractivity contribution in [3.63, 3.8) is 0 Å². The zero-order valence-corrected chi connectivity index (χ0v) is 23.9. The minimum atomic E-state index is -0.171. The predicted octanol–water partition coefficient (Wildman–Crippen LogP) is 7.28. The molecule has 1 heterocycles. The Hall–Kier alpha value is -4.36. The Morgan fingerprint density at radius 3 is 2.25 bits per heavy atom. The van der Waals surface area contributed by atoms with Crippen LogP contribution < -0.4 is 15.8 Å². The monoisotopic (exact) mass is 548 g/mol. The van der Waals surface area contributed by atoms with Crippen LogP contribution in [0.4, 0.5) is 17.1 Å². The third kappa shape index (κ3) is 5.80. The van der Waals surface area contributed by atoms with Crippen LogP contribution in [-0.4, -0.2) is 27.3 Å². The molecule has 0 unspecified atom stereocenters. The molecule has 0 atom stereocenters. The van der Waals surface area contributed by atoms with Gasteiger partial charge in [-0.15, -0.1) is 0 Å². The molecule has 5 aromatic rings. The van der Waals surface area contributed by atoms with Gasteiger partial charge in [-0.1, -0.05) is 48.2 Å². The molecule has 1 aromatic heterocycles. The second-order valence-electron chi connectivity index (χ2n) is 10.0. The van der Waals surface area contributed by atoms with Gasteiger partial charge in [-0.3, -0.25) is 14.2 Å². The van der Waals surface area contributed by atoms with E-state index in [-0.39, 0.29) is 23.3 Å². The Labute approximate surface area is 238 Å². The van der Waals surface area contributed by atoms with E-state index in [2.05, 4.69) is 36.2 Å². The zero-order valence-electron chi connectivity index (χ0n) is 23.1. The van der Waals surface area contributed by atoms with E-state index in [0.29, 0.717) is 21.7 Å². The molecule has 6 nitrogen and oxygen atoms in total. The van der Waals surface area contributed by atoms with E-state index in [1.807, 2.05) is 92.7 Å². The number of hydrogen-bond acceptors (Lipinski definition) is 5. The molecule has 0 aliphatic carbocycles. The van der Waals surface area contributed by atoms with Crippen molar-refractivity contribution in [2.24, 2.45) is 0 Å². The van der Waals surface area contributed by atoms with E-state index >= 15 is 0 Å². The highest BCUT2D eigenvalue weighted by molar-refractivity contribution is 7.99. The number of thioether (sulfide) groups is 1. The summed E-state index contributed by atoms with van der Waals surface area (Å²) in [5, 5.41) is 4.00. The highest BCUT2D eigenvalue weighted by Crippen LogP contribution is 2.29. The van der Waals surface area contributed by atoms with Gasteiger partial charge in [0, 0.05) is 23.1 Å². The third-order valence-corrected chi connectivity index (χ3v) is 7.74. The second kappa shape index (κ2) is 11.8.